The topological polar surface area (TPSA) is 30.7 Å². The minimum Gasteiger partial charge on any atom is -1.00 e. The van der Waals surface area contributed by atoms with Gasteiger partial charge < -0.3 is 26.6 Å². The summed E-state index contributed by atoms with van der Waals surface area (Å²) in [6.45, 7) is 7.96. The summed E-state index contributed by atoms with van der Waals surface area (Å²) in [6.07, 6.45) is 4.75. The molecule has 0 radical (unpaired) electrons. The second-order valence-corrected chi connectivity index (χ2v) is 7.72. The van der Waals surface area contributed by atoms with Crippen molar-refractivity contribution in [3.8, 4) is 5.75 Å². The molecule has 3 nitrogen and oxygen atoms in total. The highest BCUT2D eigenvalue weighted by Gasteiger charge is 2.46. The Kier molecular flexibility index (Phi) is 6.31. The lowest BCUT2D eigenvalue weighted by Crippen LogP contribution is -3.14. The van der Waals surface area contributed by atoms with Crippen molar-refractivity contribution in [2.24, 2.45) is 5.41 Å². The maximum Gasteiger partial charge on any atom is 0.181 e. The molecule has 0 saturated carbocycles. The normalized spacial score (nSPS) is 24.6. The number of benzene rings is 1. The molecule has 1 atom stereocenters. The van der Waals surface area contributed by atoms with Crippen molar-refractivity contribution in [1.82, 2.24) is 0 Å². The molecule has 1 aromatic rings. The fourth-order valence-electron chi connectivity index (χ4n) is 3.83. The fraction of sp³-hybridized carbons (Fsp3) is 0.611. The highest BCUT2D eigenvalue weighted by Crippen LogP contribution is 2.40. The third-order valence-electron chi connectivity index (χ3n) is 5.23. The molecule has 0 aromatic heterocycles. The van der Waals surface area contributed by atoms with Gasteiger partial charge in [-0.25, -0.2) is 0 Å². The lowest BCUT2D eigenvalue weighted by atomic mass is 9.76. The SMILES string of the molecule is CCC1(C[NH+]2CCCCC2)COc2c(Br)cc(C)cc2C1=O.[Br-]. The first-order chi connectivity index (χ1) is 10.6. The first kappa shape index (κ1) is 18.9. The number of ether oxygens (including phenoxy) is 1. The molecule has 0 amide bonds. The smallest absolute Gasteiger partial charge is 0.181 e. The highest BCUT2D eigenvalue weighted by atomic mass is 79.9. The molecule has 0 aliphatic carbocycles. The summed E-state index contributed by atoms with van der Waals surface area (Å²) in [5, 5.41) is 0. The van der Waals surface area contributed by atoms with Crippen LogP contribution in [0.15, 0.2) is 16.6 Å². The number of hydrogen-bond donors (Lipinski definition) is 1. The van der Waals surface area contributed by atoms with Crippen LogP contribution in [0.3, 0.4) is 0 Å². The third-order valence-corrected chi connectivity index (χ3v) is 5.82. The summed E-state index contributed by atoms with van der Waals surface area (Å²) < 4.78 is 6.94. The fourth-order valence-corrected chi connectivity index (χ4v) is 4.52. The van der Waals surface area contributed by atoms with Gasteiger partial charge in [0.05, 0.1) is 29.7 Å². The summed E-state index contributed by atoms with van der Waals surface area (Å²) in [5.74, 6) is 1.01. The van der Waals surface area contributed by atoms with Crippen molar-refractivity contribution >= 4 is 21.7 Å². The molecule has 1 unspecified atom stereocenters. The number of aryl methyl sites for hydroxylation is 1. The molecule has 0 bridgehead atoms. The zero-order valence-electron chi connectivity index (χ0n) is 13.9. The molecule has 23 heavy (non-hydrogen) atoms. The zero-order valence-corrected chi connectivity index (χ0v) is 17.1. The minimum atomic E-state index is -0.354. The summed E-state index contributed by atoms with van der Waals surface area (Å²) in [6, 6.07) is 4.00. The summed E-state index contributed by atoms with van der Waals surface area (Å²) in [5.41, 5.74) is 1.50. The van der Waals surface area contributed by atoms with E-state index in [2.05, 4.69) is 22.9 Å². The van der Waals surface area contributed by atoms with Crippen LogP contribution in [0.5, 0.6) is 5.75 Å². The van der Waals surface area contributed by atoms with E-state index in [1.807, 2.05) is 19.1 Å². The number of nitrogens with one attached hydrogen (secondary N) is 1. The molecule has 1 saturated heterocycles. The number of Topliss-reactive ketones (excluding diaryl/α,β-unsaturated/α-hetero) is 1. The Morgan fingerprint density at radius 3 is 2.61 bits per heavy atom. The Morgan fingerprint density at radius 1 is 1.26 bits per heavy atom. The largest absolute Gasteiger partial charge is 1.00 e. The van der Waals surface area contributed by atoms with Crippen molar-refractivity contribution < 1.29 is 31.4 Å². The summed E-state index contributed by atoms with van der Waals surface area (Å²) in [7, 11) is 0. The number of piperidine rings is 1. The Hall–Kier alpha value is -0.390. The summed E-state index contributed by atoms with van der Waals surface area (Å²) in [4.78, 5) is 14.8. The minimum absolute atomic E-state index is 0. The first-order valence-corrected chi connectivity index (χ1v) is 9.16. The van der Waals surface area contributed by atoms with Crippen LogP contribution in [-0.4, -0.2) is 32.0 Å². The van der Waals surface area contributed by atoms with E-state index < -0.39 is 0 Å². The van der Waals surface area contributed by atoms with Crippen LogP contribution in [0.4, 0.5) is 0 Å². The maximum atomic E-state index is 13.2. The van der Waals surface area contributed by atoms with Crippen LogP contribution >= 0.6 is 15.9 Å². The third kappa shape index (κ3) is 3.67. The van der Waals surface area contributed by atoms with E-state index in [1.165, 1.54) is 32.4 Å². The van der Waals surface area contributed by atoms with Gasteiger partial charge >= 0.3 is 0 Å². The zero-order chi connectivity index (χ0) is 15.7. The van der Waals surface area contributed by atoms with Crippen LogP contribution in [-0.2, 0) is 0 Å². The molecule has 1 fully saturated rings. The van der Waals surface area contributed by atoms with Crippen LogP contribution in [0.25, 0.3) is 0 Å². The Bertz CT molecular complexity index is 585. The van der Waals surface area contributed by atoms with Crippen LogP contribution in [0, 0.1) is 12.3 Å². The second kappa shape index (κ2) is 7.66. The van der Waals surface area contributed by atoms with E-state index in [1.54, 1.807) is 4.90 Å². The molecule has 2 aliphatic rings. The second-order valence-electron chi connectivity index (χ2n) is 6.86. The molecular weight excluding hydrogens is 422 g/mol. The number of ketones is 1. The Labute approximate surface area is 157 Å². The molecule has 1 aromatic carbocycles. The molecule has 5 heteroatoms. The van der Waals surface area contributed by atoms with Gasteiger partial charge in [0.25, 0.3) is 0 Å². The molecule has 2 heterocycles. The molecule has 0 spiro atoms. The van der Waals surface area contributed by atoms with Gasteiger partial charge in [-0.05, 0) is 66.2 Å². The molecule has 128 valence electrons. The van der Waals surface area contributed by atoms with Crippen molar-refractivity contribution in [2.45, 2.75) is 39.5 Å². The number of quaternary nitrogens is 1. The van der Waals surface area contributed by atoms with Gasteiger partial charge in [0.1, 0.15) is 17.8 Å². The lowest BCUT2D eigenvalue weighted by Gasteiger charge is -2.38. The van der Waals surface area contributed by atoms with Crippen LogP contribution in [0.2, 0.25) is 0 Å². The van der Waals surface area contributed by atoms with E-state index in [4.69, 9.17) is 4.74 Å². The van der Waals surface area contributed by atoms with E-state index in [-0.39, 0.29) is 28.2 Å². The summed E-state index contributed by atoms with van der Waals surface area (Å²) >= 11 is 3.54. The number of fused-ring (bicyclic) bond motifs is 1. The van der Waals surface area contributed by atoms with Crippen molar-refractivity contribution in [3.05, 3.63) is 27.7 Å². The predicted octanol–water partition coefficient (Wildman–Crippen LogP) is -0.198. The van der Waals surface area contributed by atoms with Gasteiger partial charge in [0.2, 0.25) is 0 Å². The van der Waals surface area contributed by atoms with Crippen molar-refractivity contribution in [2.75, 3.05) is 26.2 Å². The molecule has 2 aliphatic heterocycles. The quantitative estimate of drug-likeness (QED) is 0.697. The van der Waals surface area contributed by atoms with Gasteiger partial charge in [0, 0.05) is 0 Å². The lowest BCUT2D eigenvalue weighted by molar-refractivity contribution is -0.910. The van der Waals surface area contributed by atoms with Crippen molar-refractivity contribution in [3.63, 3.8) is 0 Å². The number of rotatable bonds is 3. The van der Waals surface area contributed by atoms with Gasteiger partial charge in [-0.3, -0.25) is 4.79 Å². The standard InChI is InChI=1S/C18H24BrNO2.BrH/c1-3-18(11-20-7-5-4-6-8-20)12-22-16-14(17(18)21)9-13(2)10-15(16)19;/h9-10H,3-8,11-12H2,1-2H3;1H. The van der Waals surface area contributed by atoms with Gasteiger partial charge in [-0.1, -0.05) is 6.92 Å². The maximum absolute atomic E-state index is 13.2. The van der Waals surface area contributed by atoms with E-state index in [0.717, 1.165) is 34.3 Å². The number of hydrogen-bond acceptors (Lipinski definition) is 2. The Balaban J connectivity index is 0.00000192. The molecule has 3 rings (SSSR count). The molecule has 1 N–H and O–H groups in total. The van der Waals surface area contributed by atoms with Crippen LogP contribution < -0.4 is 26.6 Å². The van der Waals surface area contributed by atoms with E-state index in [0.29, 0.717) is 6.61 Å². The number of carbonyl (C=O) groups is 1. The van der Waals surface area contributed by atoms with Crippen LogP contribution in [0.1, 0.15) is 48.5 Å². The monoisotopic (exact) mass is 445 g/mol. The number of halogens is 2. The average molecular weight is 447 g/mol. The number of carbonyl (C=O) groups excluding carboxylic acids is 1. The van der Waals surface area contributed by atoms with Gasteiger partial charge in [0.15, 0.2) is 5.78 Å². The van der Waals surface area contributed by atoms with Gasteiger partial charge in [-0.15, -0.1) is 0 Å². The van der Waals surface area contributed by atoms with Crippen molar-refractivity contribution in [1.29, 1.82) is 0 Å². The van der Waals surface area contributed by atoms with E-state index in [9.17, 15) is 4.79 Å². The Morgan fingerprint density at radius 2 is 1.96 bits per heavy atom. The first-order valence-electron chi connectivity index (χ1n) is 8.37. The van der Waals surface area contributed by atoms with E-state index >= 15 is 0 Å². The predicted molar refractivity (Wildman–Crippen MR) is 90.8 cm³/mol. The highest BCUT2D eigenvalue weighted by molar-refractivity contribution is 9.10. The average Bonchev–Trinajstić information content (AvgIpc) is 2.51. The number of likely N-dealkylation sites (tertiary alicyclic amines) is 1. The molecular formula is C18H25Br2NO2. The van der Waals surface area contributed by atoms with Gasteiger partial charge in [-0.2, -0.15) is 0 Å².